The van der Waals surface area contributed by atoms with Crippen LogP contribution in [-0.4, -0.2) is 5.78 Å². The normalized spacial score (nSPS) is 13.0. The summed E-state index contributed by atoms with van der Waals surface area (Å²) in [4.78, 5) is 12.0. The molecule has 0 unspecified atom stereocenters. The molecule has 0 atom stereocenters. The monoisotopic (exact) mass is 344 g/mol. The second kappa shape index (κ2) is 5.64. The molecule has 2 aromatic carbocycles. The predicted molar refractivity (Wildman–Crippen MR) is 87.0 cm³/mol. The van der Waals surface area contributed by atoms with E-state index in [-0.39, 0.29) is 5.78 Å². The van der Waals surface area contributed by atoms with Gasteiger partial charge in [0.25, 0.3) is 0 Å². The Labute approximate surface area is 133 Å². The third-order valence-electron chi connectivity index (χ3n) is 3.83. The van der Waals surface area contributed by atoms with E-state index in [9.17, 15) is 4.79 Å². The summed E-state index contributed by atoms with van der Waals surface area (Å²) < 4.78 is 7.05. The number of carbonyl (C=O) groups excluding carboxylic acids is 1. The van der Waals surface area contributed by atoms with Crippen LogP contribution in [0.4, 0.5) is 0 Å². The van der Waals surface area contributed by atoms with Crippen LogP contribution in [0.15, 0.2) is 40.9 Å². The molecular formula is C18H17BrO2. The fourth-order valence-electron chi connectivity index (χ4n) is 2.61. The average molecular weight is 345 g/mol. The van der Waals surface area contributed by atoms with E-state index in [0.717, 1.165) is 32.5 Å². The first-order valence-electron chi connectivity index (χ1n) is 7.13. The van der Waals surface area contributed by atoms with Crippen molar-refractivity contribution in [3.63, 3.8) is 0 Å². The minimum Gasteiger partial charge on any atom is -0.488 e. The minimum absolute atomic E-state index is 0.177. The third-order valence-corrected chi connectivity index (χ3v) is 4.53. The lowest BCUT2D eigenvalue weighted by atomic mass is 9.83. The maximum absolute atomic E-state index is 12.0. The molecule has 2 nitrogen and oxygen atoms in total. The Morgan fingerprint density at radius 1 is 1.24 bits per heavy atom. The third kappa shape index (κ3) is 2.62. The van der Waals surface area contributed by atoms with Crippen LogP contribution in [-0.2, 0) is 13.0 Å². The number of hydrogen-bond donors (Lipinski definition) is 0. The number of rotatable bonds is 4. The molecule has 0 heterocycles. The highest BCUT2D eigenvalue weighted by molar-refractivity contribution is 9.10. The van der Waals surface area contributed by atoms with Crippen molar-refractivity contribution in [1.82, 2.24) is 0 Å². The van der Waals surface area contributed by atoms with Crippen LogP contribution >= 0.6 is 15.9 Å². The lowest BCUT2D eigenvalue weighted by Gasteiger charge is -2.26. The van der Waals surface area contributed by atoms with Crippen molar-refractivity contribution in [2.75, 3.05) is 0 Å². The van der Waals surface area contributed by atoms with E-state index in [4.69, 9.17) is 4.74 Å². The highest BCUT2D eigenvalue weighted by Crippen LogP contribution is 2.42. The maximum Gasteiger partial charge on any atom is 0.171 e. The van der Waals surface area contributed by atoms with Crippen molar-refractivity contribution < 1.29 is 9.53 Å². The van der Waals surface area contributed by atoms with Gasteiger partial charge in [-0.1, -0.05) is 60.1 Å². The molecule has 1 aliphatic rings. The molecule has 3 rings (SSSR count). The van der Waals surface area contributed by atoms with Crippen LogP contribution < -0.4 is 4.74 Å². The summed E-state index contributed by atoms with van der Waals surface area (Å²) in [5.74, 6) is 1.25. The minimum atomic E-state index is 0.177. The molecule has 108 valence electrons. The summed E-state index contributed by atoms with van der Waals surface area (Å²) in [5.41, 5.74) is 4.04. The van der Waals surface area contributed by atoms with Gasteiger partial charge in [-0.05, 0) is 28.7 Å². The topological polar surface area (TPSA) is 26.3 Å². The second-order valence-corrected chi connectivity index (χ2v) is 6.51. The van der Waals surface area contributed by atoms with Gasteiger partial charge in [-0.25, -0.2) is 0 Å². The van der Waals surface area contributed by atoms with Crippen LogP contribution in [0.2, 0.25) is 0 Å². The Kier molecular flexibility index (Phi) is 3.85. The van der Waals surface area contributed by atoms with Crippen molar-refractivity contribution in [1.29, 1.82) is 0 Å². The summed E-state index contributed by atoms with van der Waals surface area (Å²) in [6, 6.07) is 12.1. The number of fused-ring (bicyclic) bond motifs is 1. The molecular weight excluding hydrogens is 328 g/mol. The Morgan fingerprint density at radius 3 is 2.57 bits per heavy atom. The van der Waals surface area contributed by atoms with Gasteiger partial charge in [0.1, 0.15) is 12.4 Å². The Bertz CT molecular complexity index is 690. The van der Waals surface area contributed by atoms with E-state index >= 15 is 0 Å². The van der Waals surface area contributed by atoms with E-state index < -0.39 is 0 Å². The Hall–Kier alpha value is -1.61. The van der Waals surface area contributed by atoms with Crippen LogP contribution in [0.3, 0.4) is 0 Å². The quantitative estimate of drug-likeness (QED) is 0.789. The molecule has 0 radical (unpaired) electrons. The molecule has 0 bridgehead atoms. The zero-order valence-electron chi connectivity index (χ0n) is 12.2. The first-order chi connectivity index (χ1) is 10.1. The van der Waals surface area contributed by atoms with E-state index in [1.54, 1.807) is 0 Å². The lowest BCUT2D eigenvalue weighted by Crippen LogP contribution is -2.22. The van der Waals surface area contributed by atoms with Crippen molar-refractivity contribution in [3.8, 4) is 5.75 Å². The number of ketones is 1. The predicted octanol–water partition coefficient (Wildman–Crippen LogP) is 4.89. The SMILES string of the molecule is CC(C)c1cc(Br)c2c(c1OCc1ccccc1)C(=O)C2. The molecule has 0 saturated carbocycles. The van der Waals surface area contributed by atoms with Crippen molar-refractivity contribution >= 4 is 21.7 Å². The van der Waals surface area contributed by atoms with E-state index in [1.165, 1.54) is 0 Å². The van der Waals surface area contributed by atoms with Gasteiger partial charge in [0.2, 0.25) is 0 Å². The highest BCUT2D eigenvalue weighted by atomic mass is 79.9. The number of halogens is 1. The fraction of sp³-hybridized carbons (Fsp3) is 0.278. The van der Waals surface area contributed by atoms with Gasteiger partial charge < -0.3 is 4.74 Å². The fourth-order valence-corrected chi connectivity index (χ4v) is 3.20. The number of benzene rings is 2. The molecule has 21 heavy (non-hydrogen) atoms. The standard InChI is InChI=1S/C18H17BrO2/c1-11(2)13-8-15(19)14-9-16(20)17(14)18(13)21-10-12-6-4-3-5-7-12/h3-8,11H,9-10H2,1-2H3. The van der Waals surface area contributed by atoms with Crippen LogP contribution in [0.1, 0.15) is 46.8 Å². The summed E-state index contributed by atoms with van der Waals surface area (Å²) in [6.45, 7) is 4.72. The molecule has 0 aromatic heterocycles. The van der Waals surface area contributed by atoms with Crippen LogP contribution in [0.25, 0.3) is 0 Å². The van der Waals surface area contributed by atoms with Crippen molar-refractivity contribution in [2.24, 2.45) is 0 Å². The molecule has 0 spiro atoms. The van der Waals surface area contributed by atoms with Gasteiger partial charge in [-0.3, -0.25) is 4.79 Å². The average Bonchev–Trinajstić information content (AvgIpc) is 2.46. The van der Waals surface area contributed by atoms with Crippen LogP contribution in [0.5, 0.6) is 5.75 Å². The largest absolute Gasteiger partial charge is 0.488 e. The van der Waals surface area contributed by atoms with Gasteiger partial charge in [0, 0.05) is 10.9 Å². The first kappa shape index (κ1) is 14.3. The van der Waals surface area contributed by atoms with E-state index in [2.05, 4.69) is 35.8 Å². The second-order valence-electron chi connectivity index (χ2n) is 5.66. The molecule has 0 saturated heterocycles. The highest BCUT2D eigenvalue weighted by Gasteiger charge is 2.32. The van der Waals surface area contributed by atoms with Crippen molar-refractivity contribution in [2.45, 2.75) is 32.8 Å². The lowest BCUT2D eigenvalue weighted by molar-refractivity contribution is 0.0961. The first-order valence-corrected chi connectivity index (χ1v) is 7.92. The molecule has 1 aliphatic carbocycles. The van der Waals surface area contributed by atoms with E-state index in [0.29, 0.717) is 18.9 Å². The van der Waals surface area contributed by atoms with Gasteiger partial charge >= 0.3 is 0 Å². The van der Waals surface area contributed by atoms with E-state index in [1.807, 2.05) is 30.3 Å². The number of hydrogen-bond acceptors (Lipinski definition) is 2. The Morgan fingerprint density at radius 2 is 1.95 bits per heavy atom. The van der Waals surface area contributed by atoms with Crippen molar-refractivity contribution in [3.05, 3.63) is 63.1 Å². The zero-order valence-corrected chi connectivity index (χ0v) is 13.7. The molecule has 0 N–H and O–H groups in total. The van der Waals surface area contributed by atoms with Gasteiger partial charge in [0.05, 0.1) is 5.56 Å². The number of ether oxygens (including phenoxy) is 1. The summed E-state index contributed by atoms with van der Waals surface area (Å²) in [7, 11) is 0. The maximum atomic E-state index is 12.0. The molecule has 3 heteroatoms. The molecule has 0 amide bonds. The van der Waals surface area contributed by atoms with Gasteiger partial charge in [0.15, 0.2) is 5.78 Å². The molecule has 0 aliphatic heterocycles. The number of carbonyl (C=O) groups is 1. The number of Topliss-reactive ketones (excluding diaryl/α,β-unsaturated/α-hetero) is 1. The zero-order chi connectivity index (χ0) is 15.0. The summed E-state index contributed by atoms with van der Waals surface area (Å²) in [6.07, 6.45) is 0.510. The smallest absolute Gasteiger partial charge is 0.171 e. The summed E-state index contributed by atoms with van der Waals surface area (Å²) in [5, 5.41) is 0. The molecule has 0 fully saturated rings. The Balaban J connectivity index is 1.97. The molecule has 2 aromatic rings. The van der Waals surface area contributed by atoms with Gasteiger partial charge in [-0.2, -0.15) is 0 Å². The van der Waals surface area contributed by atoms with Gasteiger partial charge in [-0.15, -0.1) is 0 Å². The van der Waals surface area contributed by atoms with Crippen LogP contribution in [0, 0.1) is 0 Å². The summed E-state index contributed by atoms with van der Waals surface area (Å²) >= 11 is 3.57.